The van der Waals surface area contributed by atoms with Crippen LogP contribution in [0.5, 0.6) is 0 Å². The highest BCUT2D eigenvalue weighted by molar-refractivity contribution is 5.76. The molecule has 0 bridgehead atoms. The second kappa shape index (κ2) is 16.4. The number of carbonyl (C=O) groups is 2. The first-order valence-corrected chi connectivity index (χ1v) is 20.0. The maximum absolute atomic E-state index is 14.2. The number of unbranched alkanes of at least 4 members (excludes halogenated alkanes) is 4. The summed E-state index contributed by atoms with van der Waals surface area (Å²) in [5, 5.41) is 46.5. The number of piperidine rings is 2. The van der Waals surface area contributed by atoms with Gasteiger partial charge < -0.3 is 20.4 Å². The quantitative estimate of drug-likeness (QED) is 0.124. The third kappa shape index (κ3) is 9.43. The van der Waals surface area contributed by atoms with E-state index in [0.29, 0.717) is 38.5 Å². The lowest BCUT2D eigenvalue weighted by Crippen LogP contribution is -2.68. The van der Waals surface area contributed by atoms with Crippen LogP contribution in [0.1, 0.15) is 177 Å². The highest BCUT2D eigenvalue weighted by Crippen LogP contribution is 2.59. The zero-order valence-corrected chi connectivity index (χ0v) is 32.7. The van der Waals surface area contributed by atoms with E-state index in [1.54, 1.807) is 0 Å². The van der Waals surface area contributed by atoms with Gasteiger partial charge in [0.1, 0.15) is 12.2 Å². The van der Waals surface area contributed by atoms with Crippen molar-refractivity contribution in [3.63, 3.8) is 0 Å². The molecule has 4 N–H and O–H groups in total. The first-order valence-electron chi connectivity index (χ1n) is 20.0. The van der Waals surface area contributed by atoms with Crippen molar-refractivity contribution in [3.05, 3.63) is 0 Å². The van der Waals surface area contributed by atoms with Gasteiger partial charge >= 0.3 is 11.9 Å². The summed E-state index contributed by atoms with van der Waals surface area (Å²) in [5.41, 5.74) is -2.85. The fourth-order valence-corrected chi connectivity index (χ4v) is 10.9. The van der Waals surface area contributed by atoms with E-state index in [1.807, 2.05) is 0 Å². The van der Waals surface area contributed by atoms with Crippen LogP contribution in [0.15, 0.2) is 0 Å². The van der Waals surface area contributed by atoms with Crippen LogP contribution >= 0.6 is 0 Å². The number of hydroxylamine groups is 4. The van der Waals surface area contributed by atoms with E-state index in [0.717, 1.165) is 77.0 Å². The summed E-state index contributed by atoms with van der Waals surface area (Å²) in [5.74, 6) is -1.72. The Balaban J connectivity index is 1.65. The molecule has 0 aromatic rings. The molecule has 0 aromatic carbocycles. The molecule has 10 nitrogen and oxygen atoms in total. The molecule has 2 saturated carbocycles. The lowest BCUT2D eigenvalue weighted by atomic mass is 9.52. The molecule has 4 unspecified atom stereocenters. The Bertz CT molecular complexity index is 1040. The number of carboxylic acid groups (broad SMARTS) is 2. The number of aliphatic hydroxyl groups excluding tert-OH is 2. The third-order valence-electron chi connectivity index (χ3n) is 12.8. The van der Waals surface area contributed by atoms with Crippen molar-refractivity contribution in [2.24, 2.45) is 17.3 Å². The summed E-state index contributed by atoms with van der Waals surface area (Å²) in [6, 6.07) is 0. The minimum Gasteiger partial charge on any atom is -0.481 e. The Morgan fingerprint density at radius 3 is 1.32 bits per heavy atom. The molecule has 0 aromatic heterocycles. The van der Waals surface area contributed by atoms with Gasteiger partial charge in [0.2, 0.25) is 0 Å². The van der Waals surface area contributed by atoms with Crippen molar-refractivity contribution in [2.45, 2.75) is 224 Å². The second-order valence-electron chi connectivity index (χ2n) is 19.0. The number of aliphatic hydroxyl groups is 2. The Morgan fingerprint density at radius 1 is 0.600 bits per heavy atom. The predicted octanol–water partition coefficient (Wildman–Crippen LogP) is 7.88. The summed E-state index contributed by atoms with van der Waals surface area (Å²) in [6.45, 7) is 17.4. The van der Waals surface area contributed by atoms with Gasteiger partial charge in [-0.3, -0.25) is 19.3 Å². The van der Waals surface area contributed by atoms with E-state index in [1.165, 1.54) is 0 Å². The van der Waals surface area contributed by atoms with Crippen molar-refractivity contribution in [1.82, 2.24) is 10.1 Å². The van der Waals surface area contributed by atoms with E-state index in [4.69, 9.17) is 14.8 Å². The van der Waals surface area contributed by atoms with E-state index in [-0.39, 0.29) is 30.5 Å². The highest BCUT2D eigenvalue weighted by atomic mass is 16.7. The molecule has 0 amide bonds. The molecule has 0 spiro atoms. The number of rotatable bonds is 15. The van der Waals surface area contributed by atoms with Crippen molar-refractivity contribution in [2.75, 3.05) is 0 Å². The minimum absolute atomic E-state index is 0.114. The number of aliphatic carboxylic acids is 2. The van der Waals surface area contributed by atoms with Gasteiger partial charge in [-0.1, -0.05) is 51.4 Å². The first kappa shape index (κ1) is 41.5. The van der Waals surface area contributed by atoms with Gasteiger partial charge in [-0.25, -0.2) is 0 Å². The number of hydrogen-bond acceptors (Lipinski definition) is 8. The largest absolute Gasteiger partial charge is 0.481 e. The Hall–Kier alpha value is -1.30. The first-order chi connectivity index (χ1) is 23.2. The van der Waals surface area contributed by atoms with Crippen LogP contribution in [-0.2, 0) is 19.3 Å². The van der Waals surface area contributed by atoms with Gasteiger partial charge in [-0.15, -0.1) is 0 Å². The number of hydrogen-bond donors (Lipinski definition) is 4. The fraction of sp³-hybridized carbons (Fsp3) is 0.950. The third-order valence-corrected chi connectivity index (χ3v) is 12.8. The molecule has 2 heterocycles. The molecular formula is C40H72N2O8. The van der Waals surface area contributed by atoms with Crippen LogP contribution in [0.25, 0.3) is 0 Å². The maximum Gasteiger partial charge on any atom is 0.310 e. The van der Waals surface area contributed by atoms with Crippen molar-refractivity contribution < 1.29 is 39.7 Å². The van der Waals surface area contributed by atoms with E-state index in [9.17, 15) is 24.9 Å². The normalized spacial score (nSPS) is 32.0. The summed E-state index contributed by atoms with van der Waals surface area (Å²) in [6.07, 6.45) is 13.1. The van der Waals surface area contributed by atoms with E-state index >= 15 is 0 Å². The monoisotopic (exact) mass is 709 g/mol. The SMILES string of the molecule is CC1(C)CC(C(CCCCCCCC(=O)O)(C(=O)O)C2CC(C)(C)N(OC3CCCCC3O)C(C)(C)C2)CC(C)(C)N1OC1CCCCC1O. The smallest absolute Gasteiger partial charge is 0.310 e. The van der Waals surface area contributed by atoms with Crippen molar-refractivity contribution >= 4 is 11.9 Å². The fourth-order valence-electron chi connectivity index (χ4n) is 10.9. The molecule has 4 rings (SSSR count). The van der Waals surface area contributed by atoms with Crippen molar-refractivity contribution in [3.8, 4) is 0 Å². The van der Waals surface area contributed by atoms with Crippen LogP contribution in [0.4, 0.5) is 0 Å². The molecule has 0 radical (unpaired) electrons. The molecule has 2 saturated heterocycles. The zero-order chi connectivity index (χ0) is 37.1. The van der Waals surface area contributed by atoms with E-state index in [2.05, 4.69) is 65.5 Å². The lowest BCUT2D eigenvalue weighted by molar-refractivity contribution is -0.338. The molecule has 10 heteroatoms. The standard InChI is InChI=1S/C40H72N2O8/c1-36(2)24-28(25-37(3,4)41(36)49-32-20-15-13-18-30(32)43)40(35(47)48,23-17-11-9-10-12-22-34(45)46)29-26-38(5,6)42(39(7,8)27-29)50-33-21-16-14-19-31(33)44/h28-33,43-44H,9-27H2,1-8H3,(H,45,46)(H,47,48). The Kier molecular flexibility index (Phi) is 13.6. The van der Waals surface area contributed by atoms with Crippen LogP contribution in [0.2, 0.25) is 0 Å². The molecule has 50 heavy (non-hydrogen) atoms. The summed E-state index contributed by atoms with van der Waals surface area (Å²) < 4.78 is 0. The van der Waals surface area contributed by atoms with E-state index < -0.39 is 51.7 Å². The molecule has 2 aliphatic heterocycles. The molecular weight excluding hydrogens is 636 g/mol. The topological polar surface area (TPSA) is 140 Å². The summed E-state index contributed by atoms with van der Waals surface area (Å²) in [7, 11) is 0. The maximum atomic E-state index is 14.2. The second-order valence-corrected chi connectivity index (χ2v) is 19.0. The average molecular weight is 709 g/mol. The number of carboxylic acids is 2. The minimum atomic E-state index is -0.989. The summed E-state index contributed by atoms with van der Waals surface area (Å²) in [4.78, 5) is 38.6. The van der Waals surface area contributed by atoms with Crippen LogP contribution in [0.3, 0.4) is 0 Å². The lowest BCUT2D eigenvalue weighted by Gasteiger charge is -2.62. The van der Waals surface area contributed by atoms with Gasteiger partial charge in [0.25, 0.3) is 0 Å². The van der Waals surface area contributed by atoms with Gasteiger partial charge in [0.15, 0.2) is 0 Å². The Labute approximate surface area is 302 Å². The molecule has 4 aliphatic rings. The highest BCUT2D eigenvalue weighted by Gasteiger charge is 2.62. The van der Waals surface area contributed by atoms with Crippen LogP contribution in [-0.4, -0.2) is 89.1 Å². The van der Waals surface area contributed by atoms with Gasteiger partial charge in [-0.2, -0.15) is 10.1 Å². The van der Waals surface area contributed by atoms with Gasteiger partial charge in [-0.05, 0) is 131 Å². The van der Waals surface area contributed by atoms with Gasteiger partial charge in [0.05, 0.1) is 17.6 Å². The van der Waals surface area contributed by atoms with Crippen LogP contribution < -0.4 is 0 Å². The number of nitrogens with zero attached hydrogens (tertiary/aromatic N) is 2. The van der Waals surface area contributed by atoms with Crippen molar-refractivity contribution in [1.29, 1.82) is 0 Å². The molecule has 4 atom stereocenters. The molecule has 290 valence electrons. The average Bonchev–Trinajstić information content (AvgIpc) is 2.98. The van der Waals surface area contributed by atoms with Gasteiger partial charge in [0, 0.05) is 28.6 Å². The van der Waals surface area contributed by atoms with Crippen LogP contribution in [0, 0.1) is 17.3 Å². The molecule has 4 fully saturated rings. The zero-order valence-electron chi connectivity index (χ0n) is 32.7. The summed E-state index contributed by atoms with van der Waals surface area (Å²) >= 11 is 0. The molecule has 2 aliphatic carbocycles. The Morgan fingerprint density at radius 2 is 0.960 bits per heavy atom. The predicted molar refractivity (Wildman–Crippen MR) is 194 cm³/mol.